The van der Waals surface area contributed by atoms with Gasteiger partial charge in [0, 0.05) is 29.8 Å². The van der Waals surface area contributed by atoms with Crippen molar-refractivity contribution in [1.82, 2.24) is 10.6 Å². The van der Waals surface area contributed by atoms with Gasteiger partial charge in [0.2, 0.25) is 11.8 Å². The van der Waals surface area contributed by atoms with E-state index < -0.39 is 5.92 Å². The standard InChI is InChI=1S/C16H20ClN3O2.ClH/c17-11-3-1-5-13(9-11)20-8-6-14(16(20)22)15(21)19-12-4-2-7-18-10-12;/h1,3,5,9,12,14,18H,2,4,6-8,10H2,(H,19,21);1H. The predicted molar refractivity (Wildman–Crippen MR) is 93.2 cm³/mol. The number of nitrogens with one attached hydrogen (secondary N) is 2. The van der Waals surface area contributed by atoms with Crippen LogP contribution in [0.3, 0.4) is 0 Å². The van der Waals surface area contributed by atoms with Gasteiger partial charge in [0.25, 0.3) is 0 Å². The van der Waals surface area contributed by atoms with Crippen LogP contribution in [0.25, 0.3) is 0 Å². The van der Waals surface area contributed by atoms with Crippen molar-refractivity contribution < 1.29 is 9.59 Å². The molecule has 2 unspecified atom stereocenters. The minimum atomic E-state index is -0.582. The molecule has 0 saturated carbocycles. The molecule has 0 bridgehead atoms. The third-order valence-corrected chi connectivity index (χ3v) is 4.52. The number of hydrogen-bond acceptors (Lipinski definition) is 3. The van der Waals surface area contributed by atoms with Crippen LogP contribution in [0.5, 0.6) is 0 Å². The highest BCUT2D eigenvalue weighted by molar-refractivity contribution is 6.31. The van der Waals surface area contributed by atoms with Crippen molar-refractivity contribution in [3.05, 3.63) is 29.3 Å². The first-order chi connectivity index (χ1) is 10.6. The summed E-state index contributed by atoms with van der Waals surface area (Å²) in [5.41, 5.74) is 0.757. The Morgan fingerprint density at radius 2 is 2.17 bits per heavy atom. The van der Waals surface area contributed by atoms with Gasteiger partial charge in [-0.05, 0) is 44.0 Å². The predicted octanol–water partition coefficient (Wildman–Crippen LogP) is 1.98. The largest absolute Gasteiger partial charge is 0.351 e. The summed E-state index contributed by atoms with van der Waals surface area (Å²) in [7, 11) is 0. The molecular weight excluding hydrogens is 337 g/mol. The Labute approximate surface area is 147 Å². The van der Waals surface area contributed by atoms with Gasteiger partial charge in [-0.15, -0.1) is 12.4 Å². The van der Waals surface area contributed by atoms with E-state index in [2.05, 4.69) is 10.6 Å². The fraction of sp³-hybridized carbons (Fsp3) is 0.500. The Bertz CT molecular complexity index is 576. The molecule has 126 valence electrons. The van der Waals surface area contributed by atoms with Crippen LogP contribution < -0.4 is 15.5 Å². The summed E-state index contributed by atoms with van der Waals surface area (Å²) in [5.74, 6) is -0.868. The molecule has 2 atom stereocenters. The van der Waals surface area contributed by atoms with Crippen molar-refractivity contribution in [2.24, 2.45) is 5.92 Å². The molecule has 2 heterocycles. The van der Waals surface area contributed by atoms with Crippen molar-refractivity contribution in [2.45, 2.75) is 25.3 Å². The number of benzene rings is 1. The Kier molecular flexibility index (Phi) is 6.27. The minimum absolute atomic E-state index is 0. The fourth-order valence-corrected chi connectivity index (χ4v) is 3.28. The van der Waals surface area contributed by atoms with Crippen LogP contribution in [0.4, 0.5) is 5.69 Å². The van der Waals surface area contributed by atoms with Crippen molar-refractivity contribution in [3.63, 3.8) is 0 Å². The van der Waals surface area contributed by atoms with Gasteiger partial charge in [0.1, 0.15) is 5.92 Å². The van der Waals surface area contributed by atoms with E-state index in [-0.39, 0.29) is 30.3 Å². The highest BCUT2D eigenvalue weighted by atomic mass is 35.5. The number of halogens is 2. The average molecular weight is 358 g/mol. The van der Waals surface area contributed by atoms with Gasteiger partial charge in [0.15, 0.2) is 0 Å². The second-order valence-electron chi connectivity index (χ2n) is 5.86. The SMILES string of the molecule is Cl.O=C(NC1CCCNC1)C1CCN(c2cccc(Cl)c2)C1=O. The van der Waals surface area contributed by atoms with Gasteiger partial charge in [-0.2, -0.15) is 0 Å². The molecule has 2 amide bonds. The van der Waals surface area contributed by atoms with Crippen molar-refractivity contribution >= 4 is 41.5 Å². The third-order valence-electron chi connectivity index (χ3n) is 4.29. The summed E-state index contributed by atoms with van der Waals surface area (Å²) in [6.07, 6.45) is 2.58. The summed E-state index contributed by atoms with van der Waals surface area (Å²) in [6.45, 7) is 2.34. The lowest BCUT2D eigenvalue weighted by molar-refractivity contribution is -0.132. The van der Waals surface area contributed by atoms with Gasteiger partial charge >= 0.3 is 0 Å². The summed E-state index contributed by atoms with van der Waals surface area (Å²) >= 11 is 5.97. The molecule has 0 spiro atoms. The molecule has 2 saturated heterocycles. The van der Waals surface area contributed by atoms with Crippen molar-refractivity contribution in [3.8, 4) is 0 Å². The lowest BCUT2D eigenvalue weighted by Crippen LogP contribution is -2.48. The van der Waals surface area contributed by atoms with Crippen LogP contribution in [-0.2, 0) is 9.59 Å². The molecule has 5 nitrogen and oxygen atoms in total. The molecule has 0 aromatic heterocycles. The minimum Gasteiger partial charge on any atom is -0.351 e. The van der Waals surface area contributed by atoms with Crippen molar-refractivity contribution in [1.29, 1.82) is 0 Å². The van der Waals surface area contributed by atoms with E-state index in [1.807, 2.05) is 12.1 Å². The number of anilines is 1. The first kappa shape index (κ1) is 18.0. The zero-order valence-corrected chi connectivity index (χ0v) is 14.3. The Balaban J connectivity index is 0.00000192. The maximum absolute atomic E-state index is 12.5. The highest BCUT2D eigenvalue weighted by Crippen LogP contribution is 2.27. The topological polar surface area (TPSA) is 61.4 Å². The molecule has 1 aromatic carbocycles. The maximum Gasteiger partial charge on any atom is 0.239 e. The van der Waals surface area contributed by atoms with Gasteiger partial charge < -0.3 is 15.5 Å². The van der Waals surface area contributed by atoms with Crippen LogP contribution in [-0.4, -0.2) is 37.5 Å². The quantitative estimate of drug-likeness (QED) is 0.813. The monoisotopic (exact) mass is 357 g/mol. The second-order valence-corrected chi connectivity index (χ2v) is 6.30. The van der Waals surface area contributed by atoms with Crippen molar-refractivity contribution in [2.75, 3.05) is 24.5 Å². The third kappa shape index (κ3) is 4.16. The molecule has 0 aliphatic carbocycles. The molecule has 2 fully saturated rings. The Morgan fingerprint density at radius 3 is 2.87 bits per heavy atom. The molecule has 23 heavy (non-hydrogen) atoms. The zero-order valence-electron chi connectivity index (χ0n) is 12.8. The summed E-state index contributed by atoms with van der Waals surface area (Å²) in [4.78, 5) is 26.5. The smallest absolute Gasteiger partial charge is 0.239 e. The molecule has 2 aliphatic rings. The Morgan fingerprint density at radius 1 is 1.35 bits per heavy atom. The van der Waals surface area contributed by atoms with Gasteiger partial charge in [-0.3, -0.25) is 9.59 Å². The lowest BCUT2D eigenvalue weighted by atomic mass is 10.0. The average Bonchev–Trinajstić information content (AvgIpc) is 2.90. The number of piperidine rings is 1. The second kappa shape index (κ2) is 7.99. The Hall–Kier alpha value is -1.30. The van der Waals surface area contributed by atoms with Crippen LogP contribution >= 0.6 is 24.0 Å². The van der Waals surface area contributed by atoms with Gasteiger partial charge in [-0.1, -0.05) is 17.7 Å². The fourth-order valence-electron chi connectivity index (χ4n) is 3.10. The first-order valence-electron chi connectivity index (χ1n) is 7.73. The molecule has 2 N–H and O–H groups in total. The van der Waals surface area contributed by atoms with E-state index in [9.17, 15) is 9.59 Å². The van der Waals surface area contributed by atoms with E-state index in [0.717, 1.165) is 31.6 Å². The van der Waals surface area contributed by atoms with E-state index in [4.69, 9.17) is 11.6 Å². The normalized spacial score (nSPS) is 24.2. The number of amides is 2. The van der Waals surface area contributed by atoms with Crippen LogP contribution in [0.1, 0.15) is 19.3 Å². The number of carbonyl (C=O) groups is 2. The van der Waals surface area contributed by atoms with E-state index >= 15 is 0 Å². The molecule has 7 heteroatoms. The van der Waals surface area contributed by atoms with Crippen LogP contribution in [0.15, 0.2) is 24.3 Å². The maximum atomic E-state index is 12.5. The molecule has 2 aliphatic heterocycles. The lowest BCUT2D eigenvalue weighted by Gasteiger charge is -2.25. The molecular formula is C16H21Cl2N3O2. The summed E-state index contributed by atoms with van der Waals surface area (Å²) < 4.78 is 0. The first-order valence-corrected chi connectivity index (χ1v) is 8.11. The van der Waals surface area contributed by atoms with Gasteiger partial charge in [-0.25, -0.2) is 0 Å². The highest BCUT2D eigenvalue weighted by Gasteiger charge is 2.38. The van der Waals surface area contributed by atoms with Crippen LogP contribution in [0, 0.1) is 5.92 Å². The van der Waals surface area contributed by atoms with Crippen LogP contribution in [0.2, 0.25) is 5.02 Å². The number of rotatable bonds is 3. The molecule has 1 aromatic rings. The van der Waals surface area contributed by atoms with Gasteiger partial charge in [0.05, 0.1) is 0 Å². The number of nitrogens with zero attached hydrogens (tertiary/aromatic N) is 1. The molecule has 3 rings (SSSR count). The van der Waals surface area contributed by atoms with E-state index in [0.29, 0.717) is 18.0 Å². The summed E-state index contributed by atoms with van der Waals surface area (Å²) in [5, 5.41) is 6.85. The van der Waals surface area contributed by atoms with E-state index in [1.165, 1.54) is 0 Å². The summed E-state index contributed by atoms with van der Waals surface area (Å²) in [6, 6.07) is 7.31. The zero-order chi connectivity index (χ0) is 15.5. The molecule has 0 radical (unpaired) electrons. The van der Waals surface area contributed by atoms with E-state index in [1.54, 1.807) is 17.0 Å². The number of carbonyl (C=O) groups excluding carboxylic acids is 2. The number of hydrogen-bond donors (Lipinski definition) is 2.